The van der Waals surface area contributed by atoms with Crippen LogP contribution in [0.1, 0.15) is 35.4 Å². The molecule has 0 atom stereocenters. The van der Waals surface area contributed by atoms with Crippen LogP contribution in [0.25, 0.3) is 0 Å². The van der Waals surface area contributed by atoms with Gasteiger partial charge in [-0.3, -0.25) is 0 Å². The summed E-state index contributed by atoms with van der Waals surface area (Å²) in [4.78, 5) is 2.48. The molecule has 34 heavy (non-hydrogen) atoms. The standard InChI is InChI=1S/C31H31NO2/c1-4-10-25(11-5-1)23-33-29-16-17-30(31(22-29)34-24-26-12-6-2-7-13-26)27-18-20-32(21-19-27)28-14-8-3-9-15-28/h1-17,22,27H,18-21,23-24H2. The van der Waals surface area contributed by atoms with Gasteiger partial charge in [-0.05, 0) is 53.6 Å². The molecule has 5 rings (SSSR count). The van der Waals surface area contributed by atoms with Gasteiger partial charge in [0.05, 0.1) is 0 Å². The van der Waals surface area contributed by atoms with Crippen LogP contribution in [0.5, 0.6) is 11.5 Å². The summed E-state index contributed by atoms with van der Waals surface area (Å²) in [6.07, 6.45) is 2.22. The molecule has 0 spiro atoms. The van der Waals surface area contributed by atoms with Crippen molar-refractivity contribution in [1.29, 1.82) is 0 Å². The molecule has 3 heteroatoms. The molecule has 172 valence electrons. The molecular formula is C31H31NO2. The Kier molecular flexibility index (Phi) is 7.10. The molecule has 0 radical (unpaired) electrons. The van der Waals surface area contributed by atoms with Crippen molar-refractivity contribution < 1.29 is 9.47 Å². The summed E-state index contributed by atoms with van der Waals surface area (Å²) >= 11 is 0. The summed E-state index contributed by atoms with van der Waals surface area (Å²) in [5.74, 6) is 2.26. The number of rotatable bonds is 8. The predicted octanol–water partition coefficient (Wildman–Crippen LogP) is 7.23. The first kappa shape index (κ1) is 22.1. The first-order chi connectivity index (χ1) is 16.8. The average molecular weight is 450 g/mol. The van der Waals surface area contributed by atoms with Gasteiger partial charge in [-0.15, -0.1) is 0 Å². The monoisotopic (exact) mass is 449 g/mol. The lowest BCUT2D eigenvalue weighted by Gasteiger charge is -2.34. The summed E-state index contributed by atoms with van der Waals surface area (Å²) in [6, 6.07) is 37.7. The van der Waals surface area contributed by atoms with E-state index in [4.69, 9.17) is 9.47 Å². The molecule has 1 heterocycles. The number of piperidine rings is 1. The molecule has 0 saturated carbocycles. The number of ether oxygens (including phenoxy) is 2. The minimum Gasteiger partial charge on any atom is -0.489 e. The third-order valence-corrected chi connectivity index (χ3v) is 6.53. The van der Waals surface area contributed by atoms with Gasteiger partial charge < -0.3 is 14.4 Å². The SMILES string of the molecule is c1ccc(COc2ccc(C3CCN(c4ccccc4)CC3)c(OCc3ccccc3)c2)cc1. The number of benzene rings is 4. The van der Waals surface area contributed by atoms with Crippen molar-refractivity contribution in [2.24, 2.45) is 0 Å². The van der Waals surface area contributed by atoms with E-state index in [2.05, 4.69) is 89.8 Å². The largest absolute Gasteiger partial charge is 0.489 e. The Balaban J connectivity index is 1.31. The predicted molar refractivity (Wildman–Crippen MR) is 139 cm³/mol. The van der Waals surface area contributed by atoms with E-state index < -0.39 is 0 Å². The van der Waals surface area contributed by atoms with Crippen LogP contribution in [0, 0.1) is 0 Å². The van der Waals surface area contributed by atoms with Gasteiger partial charge in [-0.1, -0.05) is 84.9 Å². The molecule has 1 saturated heterocycles. The highest BCUT2D eigenvalue weighted by Gasteiger charge is 2.24. The van der Waals surface area contributed by atoms with Crippen molar-refractivity contribution in [1.82, 2.24) is 0 Å². The minimum atomic E-state index is 0.480. The van der Waals surface area contributed by atoms with Crippen molar-refractivity contribution in [3.63, 3.8) is 0 Å². The second-order valence-corrected chi connectivity index (χ2v) is 8.85. The maximum atomic E-state index is 6.39. The summed E-state index contributed by atoms with van der Waals surface area (Å²) in [5.41, 5.74) is 4.93. The fourth-order valence-electron chi connectivity index (χ4n) is 4.63. The lowest BCUT2D eigenvalue weighted by atomic mass is 9.88. The zero-order chi connectivity index (χ0) is 23.0. The second-order valence-electron chi connectivity index (χ2n) is 8.85. The molecule has 1 aliphatic heterocycles. The van der Waals surface area contributed by atoms with Gasteiger partial charge in [0.25, 0.3) is 0 Å². The highest BCUT2D eigenvalue weighted by molar-refractivity contribution is 5.48. The van der Waals surface area contributed by atoms with Crippen LogP contribution in [0.3, 0.4) is 0 Å². The maximum Gasteiger partial charge on any atom is 0.126 e. The van der Waals surface area contributed by atoms with Crippen LogP contribution < -0.4 is 14.4 Å². The zero-order valence-corrected chi connectivity index (χ0v) is 19.5. The van der Waals surface area contributed by atoms with Crippen molar-refractivity contribution in [2.75, 3.05) is 18.0 Å². The van der Waals surface area contributed by atoms with Gasteiger partial charge in [0.15, 0.2) is 0 Å². The second kappa shape index (κ2) is 10.9. The molecule has 4 aromatic rings. The molecule has 1 fully saturated rings. The minimum absolute atomic E-state index is 0.480. The van der Waals surface area contributed by atoms with E-state index in [1.165, 1.54) is 16.8 Å². The Labute approximate surface area is 202 Å². The Bertz CT molecular complexity index is 1150. The zero-order valence-electron chi connectivity index (χ0n) is 19.5. The highest BCUT2D eigenvalue weighted by Crippen LogP contribution is 2.38. The topological polar surface area (TPSA) is 21.7 Å². The van der Waals surface area contributed by atoms with Gasteiger partial charge >= 0.3 is 0 Å². The third-order valence-electron chi connectivity index (χ3n) is 6.53. The van der Waals surface area contributed by atoms with Crippen LogP contribution in [0.15, 0.2) is 109 Å². The van der Waals surface area contributed by atoms with Crippen molar-refractivity contribution in [3.05, 3.63) is 126 Å². The molecular weight excluding hydrogens is 418 g/mol. The molecule has 0 aromatic heterocycles. The molecule has 3 nitrogen and oxygen atoms in total. The first-order valence-electron chi connectivity index (χ1n) is 12.1. The molecule has 1 aliphatic rings. The molecule has 0 unspecified atom stereocenters. The van der Waals surface area contributed by atoms with Gasteiger partial charge in [0.1, 0.15) is 24.7 Å². The van der Waals surface area contributed by atoms with E-state index in [0.29, 0.717) is 19.1 Å². The van der Waals surface area contributed by atoms with Crippen molar-refractivity contribution in [2.45, 2.75) is 32.0 Å². The quantitative estimate of drug-likeness (QED) is 0.283. The van der Waals surface area contributed by atoms with Gasteiger partial charge in [-0.2, -0.15) is 0 Å². The Morgan fingerprint density at radius 2 is 1.18 bits per heavy atom. The highest BCUT2D eigenvalue weighted by atomic mass is 16.5. The third kappa shape index (κ3) is 5.60. The van der Waals surface area contributed by atoms with Crippen molar-refractivity contribution in [3.8, 4) is 11.5 Å². The summed E-state index contributed by atoms with van der Waals surface area (Å²) < 4.78 is 12.5. The van der Waals surface area contributed by atoms with Gasteiger partial charge in [-0.25, -0.2) is 0 Å². The number of hydrogen-bond acceptors (Lipinski definition) is 3. The normalized spacial score (nSPS) is 14.1. The Morgan fingerprint density at radius 1 is 0.618 bits per heavy atom. The molecule has 0 aliphatic carbocycles. The first-order valence-corrected chi connectivity index (χ1v) is 12.1. The Hall–Kier alpha value is -3.72. The fourth-order valence-corrected chi connectivity index (χ4v) is 4.63. The molecule has 0 amide bonds. The van der Waals surface area contributed by atoms with Crippen LogP contribution in [0.4, 0.5) is 5.69 Å². The van der Waals surface area contributed by atoms with E-state index >= 15 is 0 Å². The van der Waals surface area contributed by atoms with E-state index in [1.54, 1.807) is 0 Å². The Morgan fingerprint density at radius 3 is 1.79 bits per heavy atom. The van der Waals surface area contributed by atoms with Crippen LogP contribution in [-0.4, -0.2) is 13.1 Å². The summed E-state index contributed by atoms with van der Waals surface area (Å²) in [7, 11) is 0. The van der Waals surface area contributed by atoms with Crippen molar-refractivity contribution >= 4 is 5.69 Å². The molecule has 0 bridgehead atoms. The number of hydrogen-bond donors (Lipinski definition) is 0. The number of anilines is 1. The molecule has 0 N–H and O–H groups in total. The van der Waals surface area contributed by atoms with E-state index in [9.17, 15) is 0 Å². The maximum absolute atomic E-state index is 6.39. The van der Waals surface area contributed by atoms with Crippen LogP contribution in [-0.2, 0) is 13.2 Å². The molecule has 4 aromatic carbocycles. The van der Waals surface area contributed by atoms with E-state index in [1.807, 2.05) is 24.3 Å². The van der Waals surface area contributed by atoms with Gasteiger partial charge in [0, 0.05) is 24.8 Å². The van der Waals surface area contributed by atoms with E-state index in [0.717, 1.165) is 43.0 Å². The summed E-state index contributed by atoms with van der Waals surface area (Å²) in [6.45, 7) is 3.21. The lowest BCUT2D eigenvalue weighted by Crippen LogP contribution is -2.32. The smallest absolute Gasteiger partial charge is 0.126 e. The van der Waals surface area contributed by atoms with Crippen LogP contribution in [0.2, 0.25) is 0 Å². The number of nitrogens with zero attached hydrogens (tertiary/aromatic N) is 1. The number of para-hydroxylation sites is 1. The lowest BCUT2D eigenvalue weighted by molar-refractivity contribution is 0.285. The average Bonchev–Trinajstić information content (AvgIpc) is 2.92. The van der Waals surface area contributed by atoms with E-state index in [-0.39, 0.29) is 0 Å². The van der Waals surface area contributed by atoms with Crippen LogP contribution >= 0.6 is 0 Å². The fraction of sp³-hybridized carbons (Fsp3) is 0.226. The van der Waals surface area contributed by atoms with Gasteiger partial charge in [0.2, 0.25) is 0 Å². The summed E-state index contributed by atoms with van der Waals surface area (Å²) in [5, 5.41) is 0.